The fourth-order valence-corrected chi connectivity index (χ4v) is 11.4. The minimum atomic E-state index is -2.05. The van der Waals surface area contributed by atoms with Gasteiger partial charge in [-0.3, -0.25) is 0 Å². The maximum absolute atomic E-state index is 7.48. The van der Waals surface area contributed by atoms with E-state index in [0.717, 1.165) is 16.8 Å². The number of benzene rings is 5. The van der Waals surface area contributed by atoms with Gasteiger partial charge in [0.25, 0.3) is 0 Å². The van der Waals surface area contributed by atoms with Crippen LogP contribution in [0.2, 0.25) is 0 Å². The molecule has 5 aromatic heterocycles. The minimum Gasteiger partial charge on any atom is -0.199 e. The monoisotopic (exact) mass is 1130 g/mol. The maximum atomic E-state index is 7.48. The number of nitrogens with zero attached hydrogens (tertiary/aromatic N) is 5. The number of aryl methyl sites for hydroxylation is 20. The third-order valence-electron chi connectivity index (χ3n) is 16.7. The molecule has 5 heteroatoms. The van der Waals surface area contributed by atoms with Gasteiger partial charge in [0.2, 0.25) is 28.5 Å². The highest BCUT2D eigenvalue weighted by atomic mass is 15.0. The normalized spacial score (nSPS) is 11.3. The van der Waals surface area contributed by atoms with Gasteiger partial charge >= 0.3 is 0 Å². The van der Waals surface area contributed by atoms with E-state index >= 15 is 0 Å². The molecular formula is C80H100N5+5. The average Bonchev–Trinajstić information content (AvgIpc) is 3.61. The van der Waals surface area contributed by atoms with Crippen LogP contribution in [0.1, 0.15) is 116 Å². The number of pyridine rings is 5. The summed E-state index contributed by atoms with van der Waals surface area (Å²) < 4.78 is 33.6. The van der Waals surface area contributed by atoms with Crippen LogP contribution in [0.25, 0.3) is 56.3 Å². The first-order valence-corrected chi connectivity index (χ1v) is 29.9. The van der Waals surface area contributed by atoms with Crippen LogP contribution in [0, 0.1) is 138 Å². The van der Waals surface area contributed by atoms with Gasteiger partial charge in [-0.1, -0.05) is 89.0 Å². The molecule has 5 nitrogen and oxygen atoms in total. The fraction of sp³-hybridized carbons (Fsp3) is 0.312. The quantitative estimate of drug-likeness (QED) is 0.153. The van der Waals surface area contributed by atoms with Gasteiger partial charge in [0, 0.05) is 122 Å². The van der Waals surface area contributed by atoms with Crippen molar-refractivity contribution in [1.29, 1.82) is 0 Å². The predicted octanol–water partition coefficient (Wildman–Crippen LogP) is 17.1. The number of aromatic nitrogens is 5. The predicted molar refractivity (Wildman–Crippen MR) is 360 cm³/mol. The van der Waals surface area contributed by atoms with Crippen molar-refractivity contribution in [3.63, 3.8) is 0 Å². The third kappa shape index (κ3) is 16.6. The van der Waals surface area contributed by atoms with Crippen molar-refractivity contribution in [2.45, 2.75) is 138 Å². The Kier molecular flexibility index (Phi) is 20.7. The molecule has 0 radical (unpaired) electrons. The lowest BCUT2D eigenvalue weighted by Crippen LogP contribution is -2.35. The van der Waals surface area contributed by atoms with Crippen molar-refractivity contribution in [3.8, 4) is 56.3 Å². The summed E-state index contributed by atoms with van der Waals surface area (Å²) >= 11 is 0. The van der Waals surface area contributed by atoms with Crippen LogP contribution in [0.4, 0.5) is 0 Å². The van der Waals surface area contributed by atoms with Crippen molar-refractivity contribution in [2.24, 2.45) is 35.2 Å². The molecule has 0 aliphatic carbocycles. The molecule has 85 heavy (non-hydrogen) atoms. The molecule has 5 heterocycles. The van der Waals surface area contributed by atoms with Crippen LogP contribution in [-0.4, -0.2) is 0 Å². The zero-order chi connectivity index (χ0) is 65.4. The van der Waals surface area contributed by atoms with E-state index in [2.05, 4.69) is 309 Å². The summed E-state index contributed by atoms with van der Waals surface area (Å²) in [5.74, 6) is 0. The van der Waals surface area contributed by atoms with Crippen molar-refractivity contribution in [3.05, 3.63) is 264 Å². The smallest absolute Gasteiger partial charge is 0.199 e. The highest BCUT2D eigenvalue weighted by Crippen LogP contribution is 2.28. The van der Waals surface area contributed by atoms with E-state index < -0.39 is 6.85 Å². The summed E-state index contributed by atoms with van der Waals surface area (Å²) in [6.45, 7) is 38.6. The Morgan fingerprint density at radius 1 is 0.224 bits per heavy atom. The lowest BCUT2D eigenvalue weighted by Gasteiger charge is -2.10. The molecule has 10 rings (SSSR count). The lowest BCUT2D eigenvalue weighted by molar-refractivity contribution is -0.666. The Morgan fingerprint density at radius 3 is 0.824 bits per heavy atom. The molecule has 0 fully saturated rings. The fourth-order valence-electron chi connectivity index (χ4n) is 11.4. The third-order valence-corrected chi connectivity index (χ3v) is 16.7. The van der Waals surface area contributed by atoms with Crippen LogP contribution in [0.15, 0.2) is 152 Å². The summed E-state index contributed by atoms with van der Waals surface area (Å²) in [6.07, 6.45) is 0. The van der Waals surface area contributed by atoms with Crippen molar-refractivity contribution < 1.29 is 26.9 Å². The first kappa shape index (κ1) is 61.4. The molecule has 0 atom stereocenters. The zero-order valence-electron chi connectivity index (χ0n) is 59.2. The second-order valence-electron chi connectivity index (χ2n) is 24.3. The highest BCUT2D eigenvalue weighted by molar-refractivity contribution is 5.67. The average molecular weight is 1130 g/mol. The second-order valence-corrected chi connectivity index (χ2v) is 24.3. The Hall–Kier alpha value is -8.15. The van der Waals surface area contributed by atoms with Gasteiger partial charge in [0.05, 0.1) is 5.56 Å². The molecule has 0 aliphatic heterocycles. The summed E-state index contributed by atoms with van der Waals surface area (Å²) in [6, 6.07) is 53.9. The molecule has 5 aromatic carbocycles. The number of rotatable bonds is 5. The van der Waals surface area contributed by atoms with Crippen LogP contribution in [0.5, 0.6) is 0 Å². The summed E-state index contributed by atoms with van der Waals surface area (Å²) in [4.78, 5) is 0. The lowest BCUT2D eigenvalue weighted by atomic mass is 9.98. The molecule has 0 aliphatic rings. The van der Waals surface area contributed by atoms with E-state index in [1.807, 2.05) is 20.0 Å². The van der Waals surface area contributed by atoms with Gasteiger partial charge < -0.3 is 0 Å². The topological polar surface area (TPSA) is 19.4 Å². The molecule has 0 saturated carbocycles. The molecule has 0 unspecified atom stereocenters. The largest absolute Gasteiger partial charge is 0.213 e. The van der Waals surface area contributed by atoms with Crippen molar-refractivity contribution >= 4 is 0 Å². The Labute approximate surface area is 517 Å². The second kappa shape index (κ2) is 28.6. The number of hydrogen-bond donors (Lipinski definition) is 0. The van der Waals surface area contributed by atoms with E-state index in [9.17, 15) is 0 Å². The van der Waals surface area contributed by atoms with Crippen LogP contribution >= 0.6 is 0 Å². The molecule has 0 saturated heterocycles. The van der Waals surface area contributed by atoms with Crippen LogP contribution < -0.4 is 22.8 Å². The van der Waals surface area contributed by atoms with Gasteiger partial charge in [-0.05, 0) is 189 Å². The van der Waals surface area contributed by atoms with Gasteiger partial charge in [0.1, 0.15) is 35.2 Å². The van der Waals surface area contributed by atoms with E-state index in [1.54, 1.807) is 12.1 Å². The maximum Gasteiger partial charge on any atom is 0.213 e. The van der Waals surface area contributed by atoms with Gasteiger partial charge in [-0.2, -0.15) is 22.8 Å². The minimum absolute atomic E-state index is 0.394. The molecular weight excluding hydrogens is 1030 g/mol. The van der Waals surface area contributed by atoms with Gasteiger partial charge in [0.15, 0.2) is 28.5 Å². The van der Waals surface area contributed by atoms with Gasteiger partial charge in [-0.15, -0.1) is 0 Å². The SMILES string of the molecule is Cc1cc(C)[n+](C)c(-c2c(C)cccc2C)c1.Cc1ccc(-c2cc(C)cc(C)[n+]2C)c(C)c1.Cc1ccc(C)c(-c2cc(C)cc(C)[n+]2C)c1.Cc1ccc(C)c(-c2cc(C)cc(C)[n+]2C)c1.[2H]C([2H])([2H])c1ccc(-c2cc(C)cc(C)[n+]2C)c(C)c1. The summed E-state index contributed by atoms with van der Waals surface area (Å²) in [5, 5.41) is 0. The van der Waals surface area contributed by atoms with E-state index in [-0.39, 0.29) is 0 Å². The number of hydrogen-bond acceptors (Lipinski definition) is 0. The van der Waals surface area contributed by atoms with Crippen LogP contribution in [-0.2, 0) is 35.2 Å². The summed E-state index contributed by atoms with van der Waals surface area (Å²) in [5.41, 5.74) is 37.5. The van der Waals surface area contributed by atoms with Crippen molar-refractivity contribution in [1.82, 2.24) is 0 Å². The van der Waals surface area contributed by atoms with E-state index in [4.69, 9.17) is 4.11 Å². The molecule has 0 amide bonds. The van der Waals surface area contributed by atoms with Gasteiger partial charge in [-0.25, -0.2) is 0 Å². The van der Waals surface area contributed by atoms with Crippen LogP contribution in [0.3, 0.4) is 0 Å². The van der Waals surface area contributed by atoms with E-state index in [0.29, 0.717) is 5.56 Å². The Balaban J connectivity index is 0.000000176. The molecule has 10 aromatic rings. The Morgan fingerprint density at radius 2 is 0.494 bits per heavy atom. The molecule has 0 N–H and O–H groups in total. The molecule has 0 spiro atoms. The first-order valence-electron chi connectivity index (χ1n) is 31.4. The highest BCUT2D eigenvalue weighted by Gasteiger charge is 2.20. The molecule has 0 bridgehead atoms. The zero-order valence-corrected chi connectivity index (χ0v) is 56.2. The standard InChI is InChI=1S/5C16H20N/c2*1-11-6-7-13(3)15(9-11)16-10-12(2)8-14(4)17(16)5;2*1-11-6-7-15(13(3)8-11)16-10-12(2)9-14(4)17(16)5;1-11-9-14(4)17(5)15(10-11)16-12(2)7-6-8-13(16)3/h5*6-10H,1-5H3/q5*+1/i;;1D3;;. The first-order chi connectivity index (χ1) is 41.2. The van der Waals surface area contributed by atoms with E-state index in [1.165, 1.54) is 146 Å². The Bertz CT molecular complexity index is 4060. The summed E-state index contributed by atoms with van der Waals surface area (Å²) in [7, 11) is 10.6. The molecule has 440 valence electrons. The van der Waals surface area contributed by atoms with Crippen molar-refractivity contribution in [2.75, 3.05) is 0 Å².